The molecule has 6 aliphatic rings. The molecule has 1 aromatic heterocycles. The number of ether oxygens (including phenoxy) is 1. The fraction of sp³-hybridized carbons (Fsp3) is 0.756. The number of fused-ring (bicyclic) bond motifs is 7. The molecule has 1 amide bonds. The van der Waals surface area contributed by atoms with Crippen molar-refractivity contribution in [3.63, 3.8) is 0 Å². The molecule has 1 heterocycles. The number of aromatic nitrogens is 1. The van der Waals surface area contributed by atoms with Crippen LogP contribution in [0, 0.1) is 68.0 Å². The van der Waals surface area contributed by atoms with Crippen LogP contribution in [0.2, 0.25) is 0 Å². The minimum absolute atomic E-state index is 0.0380. The Morgan fingerprint density at radius 3 is 2.26 bits per heavy atom. The summed E-state index contributed by atoms with van der Waals surface area (Å²) in [5.41, 5.74) is 7.90. The molecule has 0 bridgehead atoms. The van der Waals surface area contributed by atoms with Gasteiger partial charge in [0.15, 0.2) is 5.78 Å². The molecular formula is C45H65N3O6. The van der Waals surface area contributed by atoms with Crippen molar-refractivity contribution in [3.05, 3.63) is 35.0 Å². The van der Waals surface area contributed by atoms with Gasteiger partial charge in [-0.1, -0.05) is 67.9 Å². The summed E-state index contributed by atoms with van der Waals surface area (Å²) in [6, 6.07) is 3.34. The molecule has 5 fully saturated rings. The number of hydrogen-bond acceptors (Lipinski definition) is 7. The molecule has 1 aromatic rings. The van der Waals surface area contributed by atoms with Crippen molar-refractivity contribution in [2.45, 2.75) is 139 Å². The quantitative estimate of drug-likeness (QED) is 0.225. The molecule has 0 saturated heterocycles. The summed E-state index contributed by atoms with van der Waals surface area (Å²) in [4.78, 5) is 56.5. The summed E-state index contributed by atoms with van der Waals surface area (Å²) in [6.45, 7) is 21.0. The summed E-state index contributed by atoms with van der Waals surface area (Å²) in [6.07, 6.45) is 11.2. The van der Waals surface area contributed by atoms with E-state index in [2.05, 4.69) is 58.8 Å². The van der Waals surface area contributed by atoms with Gasteiger partial charge >= 0.3 is 11.9 Å². The number of amides is 1. The minimum Gasteiger partial charge on any atom is -0.481 e. The Labute approximate surface area is 322 Å². The zero-order valence-corrected chi connectivity index (χ0v) is 34.3. The van der Waals surface area contributed by atoms with E-state index in [1.54, 1.807) is 12.1 Å². The second-order valence-corrected chi connectivity index (χ2v) is 20.7. The van der Waals surface area contributed by atoms with E-state index in [0.717, 1.165) is 63.4 Å². The van der Waals surface area contributed by atoms with Gasteiger partial charge in [0.05, 0.1) is 17.4 Å². The molecule has 296 valence electrons. The molecule has 5 saturated carbocycles. The summed E-state index contributed by atoms with van der Waals surface area (Å²) >= 11 is 0. The SMILES string of the molecule is CC(C)C1=C2[C@H]3CC[C@@H]4[C@@]5(C)CC[C@H](OC(=O)[C@H]6C[C@@H](C(=O)O)C6(C)C)C(C)(C)[C@@H]5CC[C@@]4(C)[C@]3(C)CC[C@@]2(CCNC(=O)c2ccc(N)nc2)CC1=O. The molecule has 0 aliphatic heterocycles. The monoisotopic (exact) mass is 743 g/mol. The van der Waals surface area contributed by atoms with E-state index in [-0.39, 0.29) is 56.9 Å². The molecule has 4 N–H and O–H groups in total. The summed E-state index contributed by atoms with van der Waals surface area (Å²) in [5, 5.41) is 12.8. The van der Waals surface area contributed by atoms with E-state index >= 15 is 0 Å². The third-order valence-corrected chi connectivity index (χ3v) is 17.6. The minimum atomic E-state index is -0.830. The van der Waals surface area contributed by atoms with Crippen molar-refractivity contribution in [2.75, 3.05) is 12.3 Å². The Morgan fingerprint density at radius 1 is 0.907 bits per heavy atom. The number of hydrogen-bond donors (Lipinski definition) is 3. The van der Waals surface area contributed by atoms with Crippen LogP contribution in [0.4, 0.5) is 5.82 Å². The van der Waals surface area contributed by atoms with Crippen LogP contribution < -0.4 is 11.1 Å². The maximum absolute atomic E-state index is 14.0. The highest BCUT2D eigenvalue weighted by Crippen LogP contribution is 2.77. The predicted octanol–water partition coefficient (Wildman–Crippen LogP) is 8.42. The van der Waals surface area contributed by atoms with Crippen LogP contribution >= 0.6 is 0 Å². The van der Waals surface area contributed by atoms with Crippen LogP contribution in [0.3, 0.4) is 0 Å². The first-order valence-corrected chi connectivity index (χ1v) is 20.8. The van der Waals surface area contributed by atoms with Crippen LogP contribution in [0.15, 0.2) is 29.5 Å². The highest BCUT2D eigenvalue weighted by atomic mass is 16.5. The van der Waals surface area contributed by atoms with E-state index in [9.17, 15) is 24.3 Å². The van der Waals surface area contributed by atoms with Crippen molar-refractivity contribution in [1.29, 1.82) is 0 Å². The number of nitrogen functional groups attached to an aromatic ring is 1. The average Bonchev–Trinajstić information content (AvgIpc) is 3.38. The highest BCUT2D eigenvalue weighted by Gasteiger charge is 2.70. The van der Waals surface area contributed by atoms with Crippen molar-refractivity contribution in [1.82, 2.24) is 10.3 Å². The van der Waals surface area contributed by atoms with E-state index in [1.807, 2.05) is 13.8 Å². The van der Waals surface area contributed by atoms with Gasteiger partial charge in [0, 0.05) is 30.0 Å². The Kier molecular flexibility index (Phi) is 9.33. The standard InChI is InChI=1S/C45H65N3O6/c1-25(2)35-30(49)23-45(20-21-47-37(50)26-10-13-34(46)48-24-26)19-18-43(8)27(36(35)45)11-12-32-42(7)16-15-33(41(5,6)31(42)14-17-44(32,43)9)54-39(53)29-22-28(38(51)52)40(29,3)4/h10,13,24-25,27-29,31-33H,11-12,14-23H2,1-9H3,(H2,46,48)(H,47,50)(H,51,52)/t27-,28+,29-,31+,32-,33+,42+,43-,44-,45-/m1/s1. The Balaban J connectivity index is 1.12. The Hall–Kier alpha value is -3.23. The van der Waals surface area contributed by atoms with Crippen LogP contribution in [0.1, 0.15) is 143 Å². The molecule has 0 aromatic carbocycles. The number of aliphatic carboxylic acids is 1. The first-order valence-electron chi connectivity index (χ1n) is 20.8. The molecular weight excluding hydrogens is 679 g/mol. The van der Waals surface area contributed by atoms with Gasteiger partial charge in [0.2, 0.25) is 0 Å². The average molecular weight is 744 g/mol. The third-order valence-electron chi connectivity index (χ3n) is 17.6. The fourth-order valence-corrected chi connectivity index (χ4v) is 14.3. The number of Topliss-reactive ketones (excluding diaryl/α,β-unsaturated/α-hetero) is 1. The lowest BCUT2D eigenvalue weighted by molar-refractivity contribution is -0.236. The topological polar surface area (TPSA) is 149 Å². The molecule has 6 aliphatic carbocycles. The van der Waals surface area contributed by atoms with E-state index in [0.29, 0.717) is 54.3 Å². The number of esters is 1. The first-order chi connectivity index (χ1) is 25.1. The number of nitrogens with zero attached hydrogens (tertiary/aromatic N) is 1. The molecule has 0 unspecified atom stereocenters. The number of carbonyl (C=O) groups is 4. The first kappa shape index (κ1) is 39.0. The van der Waals surface area contributed by atoms with Gasteiger partial charge in [0.1, 0.15) is 11.9 Å². The number of carboxylic acids is 1. The van der Waals surface area contributed by atoms with Crippen molar-refractivity contribution >= 4 is 29.4 Å². The summed E-state index contributed by atoms with van der Waals surface area (Å²) in [5.74, 6) is -0.0123. The zero-order valence-electron chi connectivity index (χ0n) is 34.3. The molecule has 7 rings (SSSR count). The number of rotatable bonds is 8. The van der Waals surface area contributed by atoms with E-state index in [1.165, 1.54) is 11.8 Å². The highest BCUT2D eigenvalue weighted by molar-refractivity contribution is 6.00. The third kappa shape index (κ3) is 5.54. The number of ketones is 1. The lowest BCUT2D eigenvalue weighted by Crippen LogP contribution is -2.66. The van der Waals surface area contributed by atoms with Crippen LogP contribution in [0.5, 0.6) is 0 Å². The van der Waals surface area contributed by atoms with Gasteiger partial charge in [-0.2, -0.15) is 0 Å². The number of nitrogens with one attached hydrogen (secondary N) is 1. The number of carbonyl (C=O) groups excluding carboxylic acids is 3. The number of nitrogens with two attached hydrogens (primary N) is 1. The number of allylic oxidation sites excluding steroid dienone is 2. The van der Waals surface area contributed by atoms with Gasteiger partial charge in [-0.05, 0) is 127 Å². The number of anilines is 1. The van der Waals surface area contributed by atoms with Crippen molar-refractivity contribution in [2.24, 2.45) is 68.0 Å². The lowest BCUT2D eigenvalue weighted by atomic mass is 9.33. The summed E-state index contributed by atoms with van der Waals surface area (Å²) < 4.78 is 6.41. The van der Waals surface area contributed by atoms with Gasteiger partial charge in [-0.15, -0.1) is 0 Å². The molecule has 0 radical (unpaired) electrons. The number of carboxylic acid groups (broad SMARTS) is 1. The smallest absolute Gasteiger partial charge is 0.309 e. The Bertz CT molecular complexity index is 1760. The maximum atomic E-state index is 14.0. The molecule has 9 heteroatoms. The second-order valence-electron chi connectivity index (χ2n) is 20.7. The molecule has 0 spiro atoms. The van der Waals surface area contributed by atoms with Gasteiger partial charge < -0.3 is 20.9 Å². The van der Waals surface area contributed by atoms with E-state index < -0.39 is 17.3 Å². The Morgan fingerprint density at radius 2 is 1.63 bits per heavy atom. The number of pyridine rings is 1. The van der Waals surface area contributed by atoms with Crippen molar-refractivity contribution in [3.8, 4) is 0 Å². The van der Waals surface area contributed by atoms with Crippen LogP contribution in [0.25, 0.3) is 0 Å². The largest absolute Gasteiger partial charge is 0.481 e. The molecule has 10 atom stereocenters. The van der Waals surface area contributed by atoms with Gasteiger partial charge in [-0.25, -0.2) is 4.98 Å². The van der Waals surface area contributed by atoms with Gasteiger partial charge in [-0.3, -0.25) is 19.2 Å². The normalized spacial score (nSPS) is 40.4. The van der Waals surface area contributed by atoms with Crippen LogP contribution in [-0.4, -0.2) is 46.4 Å². The molecule has 54 heavy (non-hydrogen) atoms. The lowest BCUT2D eigenvalue weighted by Gasteiger charge is -2.72. The van der Waals surface area contributed by atoms with Crippen molar-refractivity contribution < 1.29 is 29.0 Å². The maximum Gasteiger partial charge on any atom is 0.309 e. The molecule has 9 nitrogen and oxygen atoms in total. The predicted molar refractivity (Wildman–Crippen MR) is 208 cm³/mol. The van der Waals surface area contributed by atoms with Gasteiger partial charge in [0.25, 0.3) is 5.91 Å². The van der Waals surface area contributed by atoms with Crippen LogP contribution in [-0.2, 0) is 19.1 Å². The fourth-order valence-electron chi connectivity index (χ4n) is 14.3. The van der Waals surface area contributed by atoms with E-state index in [4.69, 9.17) is 10.5 Å². The zero-order chi connectivity index (χ0) is 39.4. The second kappa shape index (κ2) is 12.9. The summed E-state index contributed by atoms with van der Waals surface area (Å²) in [7, 11) is 0.